The van der Waals surface area contributed by atoms with Crippen molar-refractivity contribution in [3.63, 3.8) is 0 Å². The van der Waals surface area contributed by atoms with Crippen LogP contribution in [0.15, 0.2) is 24.3 Å². The number of amides is 3. The van der Waals surface area contributed by atoms with Crippen molar-refractivity contribution < 1.29 is 19.5 Å². The Bertz CT molecular complexity index is 576. The van der Waals surface area contributed by atoms with Gasteiger partial charge < -0.3 is 21.5 Å². The number of primary amides is 1. The van der Waals surface area contributed by atoms with Crippen molar-refractivity contribution in [2.24, 2.45) is 5.73 Å². The van der Waals surface area contributed by atoms with Crippen LogP contribution in [0.4, 0.5) is 0 Å². The molecule has 1 aromatic rings. The van der Waals surface area contributed by atoms with E-state index in [9.17, 15) is 14.4 Å². The van der Waals surface area contributed by atoms with Crippen LogP contribution in [0.25, 0.3) is 0 Å². The minimum atomic E-state index is -1.44. The molecule has 0 aliphatic rings. The van der Waals surface area contributed by atoms with E-state index < -0.39 is 17.9 Å². The average molecular weight is 321 g/mol. The van der Waals surface area contributed by atoms with E-state index in [0.717, 1.165) is 5.56 Å². The fourth-order valence-corrected chi connectivity index (χ4v) is 1.76. The van der Waals surface area contributed by atoms with Gasteiger partial charge in [-0.25, -0.2) is 0 Å². The molecule has 7 heteroatoms. The molecule has 0 radical (unpaired) electrons. The molecule has 1 unspecified atom stereocenters. The molecule has 7 nitrogen and oxygen atoms in total. The van der Waals surface area contributed by atoms with Crippen molar-refractivity contribution in [2.45, 2.75) is 32.3 Å². The van der Waals surface area contributed by atoms with Gasteiger partial charge >= 0.3 is 0 Å². The van der Waals surface area contributed by atoms with Crippen molar-refractivity contribution in [1.29, 1.82) is 0 Å². The van der Waals surface area contributed by atoms with E-state index in [2.05, 4.69) is 31.4 Å². The van der Waals surface area contributed by atoms with Gasteiger partial charge in [-0.3, -0.25) is 14.4 Å². The van der Waals surface area contributed by atoms with Crippen LogP contribution >= 0.6 is 0 Å². The summed E-state index contributed by atoms with van der Waals surface area (Å²) in [6, 6.07) is 7.14. The van der Waals surface area contributed by atoms with Gasteiger partial charge in [-0.1, -0.05) is 32.9 Å². The molecule has 0 heterocycles. The largest absolute Gasteiger partial charge is 0.381 e. The van der Waals surface area contributed by atoms with Gasteiger partial charge in [0, 0.05) is 5.56 Å². The van der Waals surface area contributed by atoms with E-state index in [-0.39, 0.29) is 24.4 Å². The van der Waals surface area contributed by atoms with Crippen LogP contribution in [0, 0.1) is 0 Å². The highest BCUT2D eigenvalue weighted by Gasteiger charge is 2.15. The zero-order valence-corrected chi connectivity index (χ0v) is 13.6. The number of hydrogen-bond donors (Lipinski definition) is 4. The van der Waals surface area contributed by atoms with Gasteiger partial charge in [-0.15, -0.1) is 0 Å². The summed E-state index contributed by atoms with van der Waals surface area (Å²) >= 11 is 0. The minimum Gasteiger partial charge on any atom is -0.381 e. The normalized spacial score (nSPS) is 12.3. The Labute approximate surface area is 135 Å². The monoisotopic (exact) mass is 321 g/mol. The van der Waals surface area contributed by atoms with E-state index in [0.29, 0.717) is 5.56 Å². The summed E-state index contributed by atoms with van der Waals surface area (Å²) < 4.78 is 0. The first-order valence-corrected chi connectivity index (χ1v) is 7.24. The number of nitrogens with one attached hydrogen (secondary N) is 2. The molecule has 0 aromatic heterocycles. The second-order valence-corrected chi connectivity index (χ2v) is 6.23. The number of hydrogen-bond acceptors (Lipinski definition) is 4. The van der Waals surface area contributed by atoms with Crippen LogP contribution in [0.3, 0.4) is 0 Å². The maximum Gasteiger partial charge on any atom is 0.251 e. The predicted molar refractivity (Wildman–Crippen MR) is 85.7 cm³/mol. The first-order valence-electron chi connectivity index (χ1n) is 7.24. The average Bonchev–Trinajstić information content (AvgIpc) is 2.49. The molecule has 0 aliphatic heterocycles. The topological polar surface area (TPSA) is 122 Å². The fraction of sp³-hybridized carbons (Fsp3) is 0.438. The lowest BCUT2D eigenvalue weighted by molar-refractivity contribution is -0.126. The van der Waals surface area contributed by atoms with Crippen LogP contribution in [0.2, 0.25) is 0 Å². The summed E-state index contributed by atoms with van der Waals surface area (Å²) in [5.74, 6) is -1.82. The Kier molecular flexibility index (Phi) is 6.27. The zero-order chi connectivity index (χ0) is 17.6. The molecule has 3 amide bonds. The lowest BCUT2D eigenvalue weighted by atomic mass is 9.87. The second-order valence-electron chi connectivity index (χ2n) is 6.23. The highest BCUT2D eigenvalue weighted by Crippen LogP contribution is 2.22. The highest BCUT2D eigenvalue weighted by atomic mass is 16.3. The first-order chi connectivity index (χ1) is 10.6. The Hall–Kier alpha value is -2.41. The molecular weight excluding hydrogens is 298 g/mol. The molecule has 0 saturated heterocycles. The summed E-state index contributed by atoms with van der Waals surface area (Å²) in [4.78, 5) is 34.1. The second kappa shape index (κ2) is 7.73. The molecule has 0 fully saturated rings. The molecule has 0 aliphatic carbocycles. The van der Waals surface area contributed by atoms with Gasteiger partial charge in [0.15, 0.2) is 0 Å². The molecule has 1 rings (SSSR count). The molecule has 23 heavy (non-hydrogen) atoms. The number of carbonyl (C=O) groups excluding carboxylic acids is 3. The van der Waals surface area contributed by atoms with E-state index >= 15 is 0 Å². The van der Waals surface area contributed by atoms with E-state index in [1.54, 1.807) is 12.1 Å². The minimum absolute atomic E-state index is 0.00382. The van der Waals surface area contributed by atoms with Crippen LogP contribution in [-0.2, 0) is 15.0 Å². The molecule has 126 valence electrons. The summed E-state index contributed by atoms with van der Waals surface area (Å²) in [5.41, 5.74) is 6.40. The number of rotatable bonds is 6. The number of aliphatic hydroxyl groups excluding tert-OH is 1. The molecule has 0 bridgehead atoms. The molecule has 1 aromatic carbocycles. The zero-order valence-electron chi connectivity index (χ0n) is 13.6. The first kappa shape index (κ1) is 18.6. The lowest BCUT2D eigenvalue weighted by Gasteiger charge is -2.19. The van der Waals surface area contributed by atoms with Crippen molar-refractivity contribution in [3.05, 3.63) is 35.4 Å². The summed E-state index contributed by atoms with van der Waals surface area (Å²) in [7, 11) is 0. The number of benzene rings is 1. The third kappa shape index (κ3) is 6.07. The number of aliphatic hydroxyl groups is 1. The van der Waals surface area contributed by atoms with Crippen molar-refractivity contribution in [2.75, 3.05) is 13.1 Å². The van der Waals surface area contributed by atoms with Gasteiger partial charge in [-0.05, 0) is 23.1 Å². The van der Waals surface area contributed by atoms with E-state index in [4.69, 9.17) is 10.8 Å². The smallest absolute Gasteiger partial charge is 0.251 e. The van der Waals surface area contributed by atoms with Gasteiger partial charge in [0.2, 0.25) is 11.8 Å². The highest BCUT2D eigenvalue weighted by molar-refractivity contribution is 5.96. The van der Waals surface area contributed by atoms with Crippen LogP contribution < -0.4 is 16.4 Å². The maximum atomic E-state index is 11.9. The standard InChI is InChI=1S/C16H23N3O4/c1-16(2,3)11-6-4-10(5-7-11)15(23)19-9-13(21)18-8-12(20)14(17)22/h4-7,12,20H,8-9H2,1-3H3,(H2,17,22)(H,18,21)(H,19,23). The van der Waals surface area contributed by atoms with Crippen LogP contribution in [0.5, 0.6) is 0 Å². The van der Waals surface area contributed by atoms with E-state index in [1.165, 1.54) is 0 Å². The number of nitrogens with two attached hydrogens (primary N) is 1. The molecule has 5 N–H and O–H groups in total. The maximum absolute atomic E-state index is 11.9. The molecule has 0 spiro atoms. The summed E-state index contributed by atoms with van der Waals surface area (Å²) in [6.07, 6.45) is -1.44. The Balaban J connectivity index is 2.47. The Morgan fingerprint density at radius 2 is 1.70 bits per heavy atom. The quantitative estimate of drug-likeness (QED) is 0.573. The lowest BCUT2D eigenvalue weighted by Crippen LogP contribution is -2.43. The Morgan fingerprint density at radius 1 is 1.13 bits per heavy atom. The van der Waals surface area contributed by atoms with Crippen molar-refractivity contribution >= 4 is 17.7 Å². The predicted octanol–water partition coefficient (Wildman–Crippen LogP) is -0.324. The summed E-state index contributed by atoms with van der Waals surface area (Å²) in [5, 5.41) is 13.9. The molecular formula is C16H23N3O4. The van der Waals surface area contributed by atoms with E-state index in [1.807, 2.05) is 12.1 Å². The van der Waals surface area contributed by atoms with Gasteiger partial charge in [0.05, 0.1) is 13.1 Å². The van der Waals surface area contributed by atoms with Gasteiger partial charge in [0.25, 0.3) is 5.91 Å². The third-order valence-corrected chi connectivity index (χ3v) is 3.24. The fourth-order valence-electron chi connectivity index (χ4n) is 1.76. The number of carbonyl (C=O) groups is 3. The van der Waals surface area contributed by atoms with Crippen molar-refractivity contribution in [3.8, 4) is 0 Å². The van der Waals surface area contributed by atoms with Gasteiger partial charge in [-0.2, -0.15) is 0 Å². The van der Waals surface area contributed by atoms with Crippen LogP contribution in [-0.4, -0.2) is 42.0 Å². The molecule has 0 saturated carbocycles. The summed E-state index contributed by atoms with van der Waals surface area (Å²) in [6.45, 7) is 5.68. The third-order valence-electron chi connectivity index (χ3n) is 3.24. The van der Waals surface area contributed by atoms with Crippen molar-refractivity contribution in [1.82, 2.24) is 10.6 Å². The van der Waals surface area contributed by atoms with Crippen LogP contribution in [0.1, 0.15) is 36.7 Å². The molecule has 1 atom stereocenters. The van der Waals surface area contributed by atoms with Gasteiger partial charge in [0.1, 0.15) is 6.10 Å². The Morgan fingerprint density at radius 3 is 2.17 bits per heavy atom. The SMILES string of the molecule is CC(C)(C)c1ccc(C(=O)NCC(=O)NCC(O)C(N)=O)cc1.